The van der Waals surface area contributed by atoms with Gasteiger partial charge in [-0.25, -0.2) is 0 Å². The second-order valence-corrected chi connectivity index (χ2v) is 6.52. The van der Waals surface area contributed by atoms with Gasteiger partial charge in [0.25, 0.3) is 0 Å². The fourth-order valence-corrected chi connectivity index (χ4v) is 3.43. The highest BCUT2D eigenvalue weighted by molar-refractivity contribution is 7.07. The summed E-state index contributed by atoms with van der Waals surface area (Å²) < 4.78 is 11.0. The molecule has 0 radical (unpaired) electrons. The molecule has 0 bridgehead atoms. The van der Waals surface area contributed by atoms with Gasteiger partial charge in [-0.3, -0.25) is 4.79 Å². The number of halogens is 1. The number of carbonyl (C=O) groups excluding carboxylic acids is 1. The Labute approximate surface area is 144 Å². The van der Waals surface area contributed by atoms with E-state index in [2.05, 4.69) is 16.8 Å². The van der Waals surface area contributed by atoms with E-state index in [0.717, 1.165) is 12.0 Å². The monoisotopic (exact) mass is 351 g/mol. The van der Waals surface area contributed by atoms with Gasteiger partial charge in [0.05, 0.1) is 5.02 Å². The zero-order valence-corrected chi connectivity index (χ0v) is 14.2. The van der Waals surface area contributed by atoms with E-state index in [1.165, 1.54) is 5.56 Å². The molecule has 0 atom stereocenters. The molecule has 2 aromatic rings. The van der Waals surface area contributed by atoms with E-state index in [4.69, 9.17) is 21.1 Å². The summed E-state index contributed by atoms with van der Waals surface area (Å²) in [5, 5.41) is 7.60. The first-order valence-electron chi connectivity index (χ1n) is 7.58. The van der Waals surface area contributed by atoms with Gasteiger partial charge in [0, 0.05) is 13.0 Å². The number of aryl methyl sites for hydroxylation is 1. The molecule has 0 saturated carbocycles. The number of fused-ring (bicyclic) bond motifs is 1. The average molecular weight is 352 g/mol. The van der Waals surface area contributed by atoms with Crippen LogP contribution in [0.2, 0.25) is 5.02 Å². The first-order chi connectivity index (χ1) is 11.2. The van der Waals surface area contributed by atoms with Crippen molar-refractivity contribution in [2.24, 2.45) is 0 Å². The van der Waals surface area contributed by atoms with Crippen molar-refractivity contribution < 1.29 is 14.3 Å². The van der Waals surface area contributed by atoms with E-state index < -0.39 is 0 Å². The number of hydrogen-bond donors (Lipinski definition) is 1. The average Bonchev–Trinajstić information content (AvgIpc) is 3.06. The van der Waals surface area contributed by atoms with Crippen molar-refractivity contribution in [1.82, 2.24) is 5.32 Å². The minimum Gasteiger partial charge on any atom is -0.486 e. The lowest BCUT2D eigenvalue weighted by atomic mass is 10.1. The molecule has 1 aliphatic rings. The van der Waals surface area contributed by atoms with Crippen molar-refractivity contribution in [2.45, 2.75) is 19.3 Å². The Hall–Kier alpha value is -1.72. The van der Waals surface area contributed by atoms with E-state index in [1.54, 1.807) is 11.3 Å². The lowest BCUT2D eigenvalue weighted by Crippen LogP contribution is -2.26. The van der Waals surface area contributed by atoms with Crippen LogP contribution >= 0.6 is 22.9 Å². The third-order valence-electron chi connectivity index (χ3n) is 3.61. The van der Waals surface area contributed by atoms with Gasteiger partial charge in [-0.2, -0.15) is 11.3 Å². The standard InChI is InChI=1S/C17H18ClNO3S/c18-14-9-13(10-15-17(14)22-7-6-21-15)3-5-19-16(20)2-1-12-4-8-23-11-12/h4,8-11H,1-3,5-7H2,(H,19,20). The number of amides is 1. The van der Waals surface area contributed by atoms with Crippen LogP contribution in [0.5, 0.6) is 11.5 Å². The lowest BCUT2D eigenvalue weighted by Gasteiger charge is -2.20. The number of thiophene rings is 1. The van der Waals surface area contributed by atoms with E-state index in [0.29, 0.717) is 49.1 Å². The van der Waals surface area contributed by atoms with Gasteiger partial charge in [0.2, 0.25) is 5.91 Å². The maximum absolute atomic E-state index is 11.8. The van der Waals surface area contributed by atoms with Gasteiger partial charge in [-0.15, -0.1) is 0 Å². The van der Waals surface area contributed by atoms with Crippen molar-refractivity contribution >= 4 is 28.8 Å². The summed E-state index contributed by atoms with van der Waals surface area (Å²) in [4.78, 5) is 11.8. The summed E-state index contributed by atoms with van der Waals surface area (Å²) in [5.41, 5.74) is 2.24. The highest BCUT2D eigenvalue weighted by Crippen LogP contribution is 2.38. The van der Waals surface area contributed by atoms with Gasteiger partial charge in [-0.1, -0.05) is 11.6 Å². The van der Waals surface area contributed by atoms with Crippen LogP contribution in [-0.2, 0) is 17.6 Å². The Morgan fingerprint density at radius 1 is 1.22 bits per heavy atom. The number of carbonyl (C=O) groups is 1. The molecule has 3 rings (SSSR count). The summed E-state index contributed by atoms with van der Waals surface area (Å²) in [7, 11) is 0. The number of hydrogen-bond acceptors (Lipinski definition) is 4. The number of benzene rings is 1. The third kappa shape index (κ3) is 4.39. The minimum atomic E-state index is 0.0693. The van der Waals surface area contributed by atoms with E-state index >= 15 is 0 Å². The van der Waals surface area contributed by atoms with Gasteiger partial charge in [0.15, 0.2) is 11.5 Å². The van der Waals surface area contributed by atoms with Crippen molar-refractivity contribution in [3.05, 3.63) is 45.1 Å². The molecule has 0 fully saturated rings. The predicted molar refractivity (Wildman–Crippen MR) is 91.8 cm³/mol. The quantitative estimate of drug-likeness (QED) is 0.867. The Morgan fingerprint density at radius 3 is 2.91 bits per heavy atom. The maximum Gasteiger partial charge on any atom is 0.220 e. The molecule has 1 aromatic heterocycles. The zero-order chi connectivity index (χ0) is 16.1. The fourth-order valence-electron chi connectivity index (χ4n) is 2.44. The maximum atomic E-state index is 11.8. The topological polar surface area (TPSA) is 47.6 Å². The molecular formula is C17H18ClNO3S. The van der Waals surface area contributed by atoms with Crippen LogP contribution in [0.15, 0.2) is 29.0 Å². The van der Waals surface area contributed by atoms with Crippen molar-refractivity contribution in [3.63, 3.8) is 0 Å². The zero-order valence-electron chi connectivity index (χ0n) is 12.6. The molecule has 1 amide bonds. The summed E-state index contributed by atoms with van der Waals surface area (Å²) in [6.45, 7) is 1.64. The van der Waals surface area contributed by atoms with Gasteiger partial charge >= 0.3 is 0 Å². The number of ether oxygens (including phenoxy) is 2. The Bertz CT molecular complexity index is 673. The van der Waals surface area contributed by atoms with Crippen LogP contribution in [0.25, 0.3) is 0 Å². The van der Waals surface area contributed by atoms with Gasteiger partial charge < -0.3 is 14.8 Å². The van der Waals surface area contributed by atoms with Crippen molar-refractivity contribution in [1.29, 1.82) is 0 Å². The molecule has 4 nitrogen and oxygen atoms in total. The second kappa shape index (κ2) is 7.70. The molecule has 6 heteroatoms. The summed E-state index contributed by atoms with van der Waals surface area (Å²) in [6, 6.07) is 5.85. The molecule has 1 aliphatic heterocycles. The molecule has 0 unspecified atom stereocenters. The Balaban J connectivity index is 1.47. The van der Waals surface area contributed by atoms with Crippen molar-refractivity contribution in [3.8, 4) is 11.5 Å². The Kier molecular flexibility index (Phi) is 5.41. The van der Waals surface area contributed by atoms with Crippen LogP contribution in [0.3, 0.4) is 0 Å². The van der Waals surface area contributed by atoms with Crippen LogP contribution in [0.1, 0.15) is 17.5 Å². The normalized spacial score (nSPS) is 12.9. The molecule has 1 aromatic carbocycles. The highest BCUT2D eigenvalue weighted by atomic mass is 35.5. The first-order valence-corrected chi connectivity index (χ1v) is 8.90. The van der Waals surface area contributed by atoms with E-state index in [-0.39, 0.29) is 5.91 Å². The molecule has 0 aliphatic carbocycles. The third-order valence-corrected chi connectivity index (χ3v) is 4.63. The lowest BCUT2D eigenvalue weighted by molar-refractivity contribution is -0.121. The smallest absolute Gasteiger partial charge is 0.220 e. The number of rotatable bonds is 6. The SMILES string of the molecule is O=C(CCc1ccsc1)NCCc1cc(Cl)c2c(c1)OCCO2. The molecule has 2 heterocycles. The minimum absolute atomic E-state index is 0.0693. The molecule has 122 valence electrons. The highest BCUT2D eigenvalue weighted by Gasteiger charge is 2.16. The van der Waals surface area contributed by atoms with Crippen LogP contribution < -0.4 is 14.8 Å². The largest absolute Gasteiger partial charge is 0.486 e. The van der Waals surface area contributed by atoms with Crippen molar-refractivity contribution in [2.75, 3.05) is 19.8 Å². The van der Waals surface area contributed by atoms with Crippen LogP contribution in [0.4, 0.5) is 0 Å². The summed E-state index contributed by atoms with van der Waals surface area (Å²) in [6.07, 6.45) is 2.00. The molecule has 1 N–H and O–H groups in total. The number of nitrogens with one attached hydrogen (secondary N) is 1. The van der Waals surface area contributed by atoms with E-state index in [9.17, 15) is 4.79 Å². The summed E-state index contributed by atoms with van der Waals surface area (Å²) >= 11 is 7.86. The van der Waals surface area contributed by atoms with Gasteiger partial charge in [-0.05, 0) is 52.9 Å². The van der Waals surface area contributed by atoms with Crippen LogP contribution in [-0.4, -0.2) is 25.7 Å². The first kappa shape index (κ1) is 16.1. The fraction of sp³-hybridized carbons (Fsp3) is 0.353. The van der Waals surface area contributed by atoms with Gasteiger partial charge in [0.1, 0.15) is 13.2 Å². The molecular weight excluding hydrogens is 334 g/mol. The second-order valence-electron chi connectivity index (χ2n) is 5.33. The predicted octanol–water partition coefficient (Wildman–Crippen LogP) is 3.46. The molecule has 23 heavy (non-hydrogen) atoms. The van der Waals surface area contributed by atoms with E-state index in [1.807, 2.05) is 17.5 Å². The van der Waals surface area contributed by atoms with Crippen LogP contribution in [0, 0.1) is 0 Å². The molecule has 0 saturated heterocycles. The summed E-state index contributed by atoms with van der Waals surface area (Å²) in [5.74, 6) is 1.36. The molecule has 0 spiro atoms. The Morgan fingerprint density at radius 2 is 2.09 bits per heavy atom.